The molecule has 5 heteroatoms. The van der Waals surface area contributed by atoms with E-state index >= 15 is 0 Å². The van der Waals surface area contributed by atoms with Gasteiger partial charge < -0.3 is 14.7 Å². The molecule has 0 amide bonds. The van der Waals surface area contributed by atoms with Gasteiger partial charge in [-0.05, 0) is 54.5 Å². The second kappa shape index (κ2) is 8.27. The first-order valence-corrected chi connectivity index (χ1v) is 11.2. The molecule has 2 aromatic rings. The van der Waals surface area contributed by atoms with Gasteiger partial charge >= 0.3 is 0 Å². The summed E-state index contributed by atoms with van der Waals surface area (Å²) in [7, 11) is 0. The van der Waals surface area contributed by atoms with Gasteiger partial charge in [0.2, 0.25) is 0 Å². The number of phenolic OH excluding ortho intramolecular Hbond substituents is 1. The molecule has 32 heavy (non-hydrogen) atoms. The maximum Gasteiger partial charge on any atom is 0.182 e. The van der Waals surface area contributed by atoms with Crippen LogP contribution in [0.3, 0.4) is 0 Å². The lowest BCUT2D eigenvalue weighted by molar-refractivity contribution is 0.0962. The standard InChI is InChI=1S/C27H36N2O3/c1-16(2)32-19-10-9-17-14-29(25(28)20(17)13-19)15-23(30)18-11-21(26(3,4)5)24(31)22(12-18)27(6,7)8/h9-13,16,28,31H,14-15H2,1-8H3. The molecule has 2 aromatic carbocycles. The smallest absolute Gasteiger partial charge is 0.182 e. The summed E-state index contributed by atoms with van der Waals surface area (Å²) in [5.74, 6) is 1.28. The Kier molecular flexibility index (Phi) is 6.16. The van der Waals surface area contributed by atoms with Gasteiger partial charge in [-0.25, -0.2) is 0 Å². The number of benzene rings is 2. The molecule has 0 saturated heterocycles. The van der Waals surface area contributed by atoms with Crippen LogP contribution in [-0.4, -0.2) is 34.3 Å². The van der Waals surface area contributed by atoms with E-state index in [4.69, 9.17) is 10.1 Å². The Hall–Kier alpha value is -2.82. The molecule has 172 valence electrons. The minimum Gasteiger partial charge on any atom is -0.507 e. The highest BCUT2D eigenvalue weighted by molar-refractivity contribution is 6.05. The number of ketones is 1. The van der Waals surface area contributed by atoms with Crippen molar-refractivity contribution in [3.05, 3.63) is 58.1 Å². The van der Waals surface area contributed by atoms with Crippen molar-refractivity contribution in [2.24, 2.45) is 0 Å². The first-order valence-electron chi connectivity index (χ1n) is 11.2. The SMILES string of the molecule is CC(C)Oc1ccc2c(c1)C(=N)N(CC(=O)c1cc(C(C)(C)C)c(O)c(C(C)(C)C)c1)C2. The summed E-state index contributed by atoms with van der Waals surface area (Å²) in [6, 6.07) is 9.41. The zero-order valence-electron chi connectivity index (χ0n) is 20.6. The molecule has 5 nitrogen and oxygen atoms in total. The fraction of sp³-hybridized carbons (Fsp3) is 0.481. The first kappa shape index (κ1) is 23.8. The van der Waals surface area contributed by atoms with Gasteiger partial charge in [-0.3, -0.25) is 10.2 Å². The van der Waals surface area contributed by atoms with Gasteiger partial charge in [-0.1, -0.05) is 47.6 Å². The van der Waals surface area contributed by atoms with Crippen LogP contribution < -0.4 is 4.74 Å². The molecule has 0 fully saturated rings. The normalized spacial score (nSPS) is 14.2. The van der Waals surface area contributed by atoms with Gasteiger partial charge in [0.1, 0.15) is 17.3 Å². The Balaban J connectivity index is 1.89. The van der Waals surface area contributed by atoms with Crippen LogP contribution in [-0.2, 0) is 17.4 Å². The lowest BCUT2D eigenvalue weighted by atomic mass is 9.78. The van der Waals surface area contributed by atoms with Gasteiger partial charge in [0.05, 0.1) is 12.6 Å². The van der Waals surface area contributed by atoms with Crippen LogP contribution in [0.2, 0.25) is 0 Å². The highest BCUT2D eigenvalue weighted by atomic mass is 16.5. The molecule has 0 aliphatic carbocycles. The summed E-state index contributed by atoms with van der Waals surface area (Å²) < 4.78 is 5.77. The molecule has 0 spiro atoms. The van der Waals surface area contributed by atoms with Crippen LogP contribution in [0.25, 0.3) is 0 Å². The van der Waals surface area contributed by atoms with E-state index in [0.717, 1.165) is 28.0 Å². The van der Waals surface area contributed by atoms with Crippen molar-refractivity contribution in [1.82, 2.24) is 4.90 Å². The largest absolute Gasteiger partial charge is 0.507 e. The van der Waals surface area contributed by atoms with E-state index in [0.29, 0.717) is 17.9 Å². The highest BCUT2D eigenvalue weighted by Crippen LogP contribution is 2.40. The van der Waals surface area contributed by atoms with Crippen LogP contribution in [0.4, 0.5) is 0 Å². The van der Waals surface area contributed by atoms with E-state index in [1.54, 1.807) is 4.90 Å². The molecular formula is C27H36N2O3. The number of nitrogens with zero attached hydrogens (tertiary/aromatic N) is 1. The number of carbonyl (C=O) groups excluding carboxylic acids is 1. The number of hydrogen-bond acceptors (Lipinski definition) is 4. The van der Waals surface area contributed by atoms with E-state index in [1.807, 2.05) is 85.7 Å². The quantitative estimate of drug-likeness (QED) is 0.581. The maximum absolute atomic E-state index is 13.3. The maximum atomic E-state index is 13.3. The van der Waals surface area contributed by atoms with E-state index < -0.39 is 0 Å². The molecule has 0 unspecified atom stereocenters. The predicted molar refractivity (Wildman–Crippen MR) is 129 cm³/mol. The topological polar surface area (TPSA) is 73.6 Å². The zero-order chi connectivity index (χ0) is 24.0. The third-order valence-corrected chi connectivity index (χ3v) is 5.77. The Labute approximate surface area is 191 Å². The number of aromatic hydroxyl groups is 1. The second-order valence-electron chi connectivity index (χ2n) is 11.0. The number of amidine groups is 1. The monoisotopic (exact) mass is 436 g/mol. The van der Waals surface area contributed by atoms with Crippen molar-refractivity contribution in [2.45, 2.75) is 78.9 Å². The number of Topliss-reactive ketones (excluding diaryl/α,β-unsaturated/α-hetero) is 1. The van der Waals surface area contributed by atoms with Crippen LogP contribution in [0.15, 0.2) is 30.3 Å². The number of hydrogen-bond donors (Lipinski definition) is 2. The molecular weight excluding hydrogens is 400 g/mol. The average molecular weight is 437 g/mol. The molecule has 0 aromatic heterocycles. The first-order chi connectivity index (χ1) is 14.7. The van der Waals surface area contributed by atoms with Crippen LogP contribution in [0, 0.1) is 5.41 Å². The zero-order valence-corrected chi connectivity index (χ0v) is 20.6. The second-order valence-corrected chi connectivity index (χ2v) is 11.0. The van der Waals surface area contributed by atoms with Gasteiger partial charge in [0.15, 0.2) is 5.78 Å². The number of nitrogens with one attached hydrogen (secondary N) is 1. The average Bonchev–Trinajstić information content (AvgIpc) is 2.95. The van der Waals surface area contributed by atoms with Crippen molar-refractivity contribution in [1.29, 1.82) is 5.41 Å². The van der Waals surface area contributed by atoms with E-state index in [2.05, 4.69) is 0 Å². The van der Waals surface area contributed by atoms with Crippen molar-refractivity contribution >= 4 is 11.6 Å². The van der Waals surface area contributed by atoms with Crippen LogP contribution in [0.1, 0.15) is 88.0 Å². The van der Waals surface area contributed by atoms with Crippen molar-refractivity contribution in [2.75, 3.05) is 6.54 Å². The van der Waals surface area contributed by atoms with E-state index in [9.17, 15) is 9.90 Å². The number of rotatable bonds is 5. The van der Waals surface area contributed by atoms with Crippen molar-refractivity contribution in [3.63, 3.8) is 0 Å². The molecule has 2 N–H and O–H groups in total. The fourth-order valence-electron chi connectivity index (χ4n) is 4.05. The third kappa shape index (κ3) is 4.82. The molecule has 3 rings (SSSR count). The Morgan fingerprint density at radius 2 is 1.62 bits per heavy atom. The molecule has 0 atom stereocenters. The highest BCUT2D eigenvalue weighted by Gasteiger charge is 2.30. The van der Waals surface area contributed by atoms with E-state index in [1.165, 1.54) is 0 Å². The summed E-state index contributed by atoms with van der Waals surface area (Å²) in [6.45, 7) is 16.8. The number of carbonyl (C=O) groups is 1. The van der Waals surface area contributed by atoms with Gasteiger partial charge in [-0.2, -0.15) is 0 Å². The molecule has 1 heterocycles. The van der Waals surface area contributed by atoms with Crippen molar-refractivity contribution < 1.29 is 14.6 Å². The Bertz CT molecular complexity index is 1020. The predicted octanol–water partition coefficient (Wildman–Crippen LogP) is 5.80. The van der Waals surface area contributed by atoms with Crippen LogP contribution >= 0.6 is 0 Å². The number of phenols is 1. The summed E-state index contributed by atoms with van der Waals surface area (Å²) in [6.07, 6.45) is 0.0600. The Morgan fingerprint density at radius 3 is 2.12 bits per heavy atom. The van der Waals surface area contributed by atoms with Gasteiger partial charge in [-0.15, -0.1) is 0 Å². The van der Waals surface area contributed by atoms with Crippen LogP contribution in [0.5, 0.6) is 11.5 Å². The third-order valence-electron chi connectivity index (χ3n) is 5.77. The number of ether oxygens (including phenoxy) is 1. The fourth-order valence-corrected chi connectivity index (χ4v) is 4.05. The lowest BCUT2D eigenvalue weighted by Gasteiger charge is -2.28. The number of fused-ring (bicyclic) bond motifs is 1. The molecule has 0 radical (unpaired) electrons. The molecule has 0 saturated carbocycles. The lowest BCUT2D eigenvalue weighted by Crippen LogP contribution is -2.30. The summed E-state index contributed by atoms with van der Waals surface area (Å²) in [5, 5.41) is 19.5. The van der Waals surface area contributed by atoms with Gasteiger partial charge in [0.25, 0.3) is 0 Å². The molecule has 1 aliphatic rings. The minimum absolute atomic E-state index is 0.0581. The summed E-state index contributed by atoms with van der Waals surface area (Å²) in [5.41, 5.74) is 3.34. The van der Waals surface area contributed by atoms with Gasteiger partial charge in [0, 0.05) is 28.8 Å². The van der Waals surface area contributed by atoms with E-state index in [-0.39, 0.29) is 35.0 Å². The molecule has 1 aliphatic heterocycles. The molecule has 0 bridgehead atoms. The minimum atomic E-state index is -0.302. The van der Waals surface area contributed by atoms with Crippen molar-refractivity contribution in [3.8, 4) is 11.5 Å². The Morgan fingerprint density at radius 1 is 1.06 bits per heavy atom. The summed E-state index contributed by atoms with van der Waals surface area (Å²) in [4.78, 5) is 15.1. The summed E-state index contributed by atoms with van der Waals surface area (Å²) >= 11 is 0.